The quantitative estimate of drug-likeness (QED) is 0.625. The van der Waals surface area contributed by atoms with E-state index in [-0.39, 0.29) is 5.91 Å². The monoisotopic (exact) mass is 392 g/mol. The molecule has 0 aliphatic heterocycles. The van der Waals surface area contributed by atoms with Gasteiger partial charge in [0.1, 0.15) is 5.82 Å². The SMILES string of the molecule is CCN(CC)C(=O)CSc1nnc(Cc2cccs2)n1C1CCCCC1. The Morgan fingerprint density at radius 2 is 2.04 bits per heavy atom. The van der Waals surface area contributed by atoms with Crippen molar-refractivity contribution in [1.82, 2.24) is 19.7 Å². The molecule has 3 rings (SSSR count). The van der Waals surface area contributed by atoms with Crippen LogP contribution in [0.2, 0.25) is 0 Å². The van der Waals surface area contributed by atoms with E-state index in [4.69, 9.17) is 0 Å². The number of aromatic nitrogens is 3. The highest BCUT2D eigenvalue weighted by molar-refractivity contribution is 7.99. The second kappa shape index (κ2) is 9.55. The highest BCUT2D eigenvalue weighted by atomic mass is 32.2. The Labute approximate surface area is 164 Å². The van der Waals surface area contributed by atoms with Gasteiger partial charge in [0.2, 0.25) is 5.91 Å². The molecule has 0 unspecified atom stereocenters. The molecule has 26 heavy (non-hydrogen) atoms. The average molecular weight is 393 g/mol. The van der Waals surface area contributed by atoms with Gasteiger partial charge in [-0.25, -0.2) is 0 Å². The van der Waals surface area contributed by atoms with Crippen LogP contribution in [-0.2, 0) is 11.2 Å². The second-order valence-corrected chi connectivity index (χ2v) is 8.65. The van der Waals surface area contributed by atoms with Gasteiger partial charge in [-0.2, -0.15) is 0 Å². The Kier molecular flexibility index (Phi) is 7.14. The molecule has 1 amide bonds. The first-order chi connectivity index (χ1) is 12.7. The molecule has 0 atom stereocenters. The molecule has 7 heteroatoms. The molecule has 2 aromatic heterocycles. The smallest absolute Gasteiger partial charge is 0.233 e. The van der Waals surface area contributed by atoms with Crippen molar-refractivity contribution in [3.63, 3.8) is 0 Å². The van der Waals surface area contributed by atoms with E-state index >= 15 is 0 Å². The Bertz CT molecular complexity index is 688. The second-order valence-electron chi connectivity index (χ2n) is 6.67. The van der Waals surface area contributed by atoms with Crippen molar-refractivity contribution in [1.29, 1.82) is 0 Å². The third-order valence-corrected chi connectivity index (χ3v) is 6.83. The fraction of sp³-hybridized carbons (Fsp3) is 0.632. The predicted molar refractivity (Wildman–Crippen MR) is 108 cm³/mol. The maximum Gasteiger partial charge on any atom is 0.233 e. The summed E-state index contributed by atoms with van der Waals surface area (Å²) in [6.07, 6.45) is 7.06. The molecule has 0 aromatic carbocycles. The number of thiophene rings is 1. The third kappa shape index (κ3) is 4.68. The first-order valence-electron chi connectivity index (χ1n) is 9.59. The molecule has 142 valence electrons. The zero-order chi connectivity index (χ0) is 18.4. The van der Waals surface area contributed by atoms with E-state index in [9.17, 15) is 4.79 Å². The largest absolute Gasteiger partial charge is 0.343 e. The topological polar surface area (TPSA) is 51.0 Å². The molecule has 2 heterocycles. The zero-order valence-electron chi connectivity index (χ0n) is 15.7. The minimum atomic E-state index is 0.179. The number of carbonyl (C=O) groups excluding carboxylic acids is 1. The lowest BCUT2D eigenvalue weighted by molar-refractivity contribution is -0.127. The maximum atomic E-state index is 12.4. The van der Waals surface area contributed by atoms with Crippen molar-refractivity contribution in [3.8, 4) is 0 Å². The number of rotatable bonds is 8. The molecule has 5 nitrogen and oxygen atoms in total. The molecule has 0 N–H and O–H groups in total. The summed E-state index contributed by atoms with van der Waals surface area (Å²) in [5.41, 5.74) is 0. The van der Waals surface area contributed by atoms with E-state index in [0.29, 0.717) is 11.8 Å². The Balaban J connectivity index is 1.77. The van der Waals surface area contributed by atoms with Gasteiger partial charge >= 0.3 is 0 Å². The molecule has 1 aliphatic rings. The van der Waals surface area contributed by atoms with Gasteiger partial charge in [0.05, 0.1) is 5.75 Å². The fourth-order valence-electron chi connectivity index (χ4n) is 3.60. The lowest BCUT2D eigenvalue weighted by Crippen LogP contribution is -2.32. The highest BCUT2D eigenvalue weighted by Gasteiger charge is 2.24. The molecule has 0 radical (unpaired) electrons. The van der Waals surface area contributed by atoms with Crippen LogP contribution in [0.25, 0.3) is 0 Å². The van der Waals surface area contributed by atoms with E-state index in [1.807, 2.05) is 18.7 Å². The van der Waals surface area contributed by atoms with Gasteiger partial charge in [0.15, 0.2) is 5.16 Å². The van der Waals surface area contributed by atoms with E-state index in [2.05, 4.69) is 32.3 Å². The van der Waals surface area contributed by atoms with Crippen molar-refractivity contribution in [2.45, 2.75) is 63.6 Å². The first kappa shape index (κ1) is 19.4. The number of hydrogen-bond acceptors (Lipinski definition) is 5. The summed E-state index contributed by atoms with van der Waals surface area (Å²) in [4.78, 5) is 15.6. The van der Waals surface area contributed by atoms with Crippen molar-refractivity contribution < 1.29 is 4.79 Å². The lowest BCUT2D eigenvalue weighted by atomic mass is 9.95. The van der Waals surface area contributed by atoms with Crippen molar-refractivity contribution >= 4 is 29.0 Å². The van der Waals surface area contributed by atoms with Crippen LogP contribution >= 0.6 is 23.1 Å². The first-order valence-corrected chi connectivity index (χ1v) is 11.5. The van der Waals surface area contributed by atoms with Gasteiger partial charge in [-0.3, -0.25) is 4.79 Å². The Morgan fingerprint density at radius 3 is 2.69 bits per heavy atom. The van der Waals surface area contributed by atoms with Crippen LogP contribution in [0.4, 0.5) is 0 Å². The van der Waals surface area contributed by atoms with Crippen LogP contribution < -0.4 is 0 Å². The highest BCUT2D eigenvalue weighted by Crippen LogP contribution is 2.33. The number of hydrogen-bond donors (Lipinski definition) is 0. The van der Waals surface area contributed by atoms with Crippen LogP contribution in [0.5, 0.6) is 0 Å². The average Bonchev–Trinajstić information content (AvgIpc) is 3.32. The Hall–Kier alpha value is -1.34. The molecule has 0 saturated heterocycles. The molecule has 2 aromatic rings. The van der Waals surface area contributed by atoms with Crippen LogP contribution in [0, 0.1) is 0 Å². The van der Waals surface area contributed by atoms with Crippen LogP contribution in [0.15, 0.2) is 22.7 Å². The molecule has 1 saturated carbocycles. The molecular weight excluding hydrogens is 364 g/mol. The predicted octanol–water partition coefficient (Wildman–Crippen LogP) is 4.40. The number of nitrogens with zero attached hydrogens (tertiary/aromatic N) is 4. The van der Waals surface area contributed by atoms with Gasteiger partial charge < -0.3 is 9.47 Å². The van der Waals surface area contributed by atoms with Gasteiger partial charge in [0.25, 0.3) is 0 Å². The van der Waals surface area contributed by atoms with Crippen LogP contribution in [0.3, 0.4) is 0 Å². The fourth-order valence-corrected chi connectivity index (χ4v) is 5.22. The Morgan fingerprint density at radius 1 is 1.27 bits per heavy atom. The summed E-state index contributed by atoms with van der Waals surface area (Å²) in [6.45, 7) is 5.56. The number of amides is 1. The third-order valence-electron chi connectivity index (χ3n) is 5.03. The summed E-state index contributed by atoms with van der Waals surface area (Å²) in [5.74, 6) is 1.65. The van der Waals surface area contributed by atoms with Crippen molar-refractivity contribution in [2.75, 3.05) is 18.8 Å². The summed E-state index contributed by atoms with van der Waals surface area (Å²) in [7, 11) is 0. The molecule has 1 aliphatic carbocycles. The van der Waals surface area contributed by atoms with E-state index in [1.54, 1.807) is 23.1 Å². The molecular formula is C19H28N4OS2. The normalized spacial score (nSPS) is 15.3. The summed E-state index contributed by atoms with van der Waals surface area (Å²) >= 11 is 3.30. The lowest BCUT2D eigenvalue weighted by Gasteiger charge is -2.25. The van der Waals surface area contributed by atoms with Crippen molar-refractivity contribution in [2.24, 2.45) is 0 Å². The molecule has 1 fully saturated rings. The van der Waals surface area contributed by atoms with Crippen molar-refractivity contribution in [3.05, 3.63) is 28.2 Å². The molecule has 0 spiro atoms. The standard InChI is InChI=1S/C19H28N4OS2/c1-3-22(4-2)18(24)14-26-19-21-20-17(13-16-11-8-12-25-16)23(19)15-9-6-5-7-10-15/h8,11-12,15H,3-7,9-10,13-14H2,1-2H3. The van der Waals surface area contributed by atoms with E-state index in [0.717, 1.165) is 30.5 Å². The summed E-state index contributed by atoms with van der Waals surface area (Å²) < 4.78 is 2.33. The van der Waals surface area contributed by atoms with E-state index < -0.39 is 0 Å². The summed E-state index contributed by atoms with van der Waals surface area (Å²) in [6, 6.07) is 4.71. The van der Waals surface area contributed by atoms with Crippen LogP contribution in [0.1, 0.15) is 62.7 Å². The van der Waals surface area contributed by atoms with Crippen LogP contribution in [-0.4, -0.2) is 44.4 Å². The van der Waals surface area contributed by atoms with Gasteiger partial charge in [0, 0.05) is 30.4 Å². The zero-order valence-corrected chi connectivity index (χ0v) is 17.3. The van der Waals surface area contributed by atoms with E-state index in [1.165, 1.54) is 37.0 Å². The minimum absolute atomic E-state index is 0.179. The maximum absolute atomic E-state index is 12.4. The summed E-state index contributed by atoms with van der Waals surface area (Å²) in [5, 5.41) is 12.0. The number of thioether (sulfide) groups is 1. The number of carbonyl (C=O) groups is 1. The van der Waals surface area contributed by atoms with Gasteiger partial charge in [-0.05, 0) is 38.1 Å². The molecule has 0 bridgehead atoms. The van der Waals surface area contributed by atoms with Gasteiger partial charge in [-0.15, -0.1) is 21.5 Å². The van der Waals surface area contributed by atoms with Gasteiger partial charge in [-0.1, -0.05) is 37.1 Å². The minimum Gasteiger partial charge on any atom is -0.343 e.